The van der Waals surface area contributed by atoms with Gasteiger partial charge in [0.2, 0.25) is 5.88 Å². The van der Waals surface area contributed by atoms with Crippen LogP contribution in [0.25, 0.3) is 0 Å². The number of aryl methyl sites for hydroxylation is 1. The Balaban J connectivity index is 2.31. The Morgan fingerprint density at radius 3 is 3.38 bits per heavy atom. The Hall–Kier alpha value is -0.740. The van der Waals surface area contributed by atoms with Gasteiger partial charge in [-0.1, -0.05) is 0 Å². The molecule has 72 valence electrons. The second-order valence-corrected chi connectivity index (χ2v) is 3.38. The van der Waals surface area contributed by atoms with E-state index >= 15 is 0 Å². The number of ether oxygens (including phenoxy) is 1. The highest BCUT2D eigenvalue weighted by Crippen LogP contribution is 2.27. The molecule has 1 N–H and O–H groups in total. The standard InChI is InChI=1S/C8H12ClN3O/c1-6(11-9)7-5-10-12-3-2-4-13-8(7)12/h5-6,11H,2-4H2,1H3/t6-/m1/s1. The normalized spacial score (nSPS) is 17.7. The van der Waals surface area contributed by atoms with E-state index in [-0.39, 0.29) is 6.04 Å². The lowest BCUT2D eigenvalue weighted by atomic mass is 10.2. The van der Waals surface area contributed by atoms with Crippen molar-refractivity contribution in [3.05, 3.63) is 11.8 Å². The summed E-state index contributed by atoms with van der Waals surface area (Å²) in [4.78, 5) is 2.66. The average Bonchev–Trinajstić information content (AvgIpc) is 2.60. The van der Waals surface area contributed by atoms with Crippen LogP contribution in [0.15, 0.2) is 6.20 Å². The summed E-state index contributed by atoms with van der Waals surface area (Å²) in [6.07, 6.45) is 2.83. The van der Waals surface area contributed by atoms with Gasteiger partial charge in [-0.2, -0.15) is 5.10 Å². The second kappa shape index (κ2) is 3.55. The molecule has 0 aliphatic carbocycles. The number of nitrogens with zero attached hydrogens (tertiary/aromatic N) is 2. The lowest BCUT2D eigenvalue weighted by Crippen LogP contribution is -2.17. The highest BCUT2D eigenvalue weighted by molar-refractivity contribution is 6.13. The summed E-state index contributed by atoms with van der Waals surface area (Å²) in [6, 6.07) is 0.0727. The van der Waals surface area contributed by atoms with E-state index in [1.807, 2.05) is 11.6 Å². The molecule has 0 fully saturated rings. The van der Waals surface area contributed by atoms with E-state index in [0.717, 1.165) is 31.0 Å². The van der Waals surface area contributed by atoms with Crippen molar-refractivity contribution in [1.29, 1.82) is 0 Å². The highest BCUT2D eigenvalue weighted by atomic mass is 35.5. The largest absolute Gasteiger partial charge is 0.478 e. The van der Waals surface area contributed by atoms with Crippen LogP contribution < -0.4 is 9.57 Å². The van der Waals surface area contributed by atoms with Gasteiger partial charge in [0.25, 0.3) is 0 Å². The molecule has 0 unspecified atom stereocenters. The lowest BCUT2D eigenvalue weighted by molar-refractivity contribution is 0.227. The predicted octanol–water partition coefficient (Wildman–Crippen LogP) is 1.47. The molecular formula is C8H12ClN3O. The van der Waals surface area contributed by atoms with Crippen LogP contribution in [0.1, 0.15) is 24.9 Å². The molecule has 5 heteroatoms. The molecule has 0 saturated heterocycles. The van der Waals surface area contributed by atoms with Gasteiger partial charge in [-0.3, -0.25) is 0 Å². The van der Waals surface area contributed by atoms with Crippen molar-refractivity contribution < 1.29 is 4.74 Å². The van der Waals surface area contributed by atoms with E-state index in [9.17, 15) is 0 Å². The molecule has 1 aromatic rings. The van der Waals surface area contributed by atoms with Crippen LogP contribution in [0.4, 0.5) is 0 Å². The van der Waals surface area contributed by atoms with Gasteiger partial charge in [-0.15, -0.1) is 0 Å². The number of aromatic nitrogens is 2. The van der Waals surface area contributed by atoms with Crippen LogP contribution >= 0.6 is 11.8 Å². The molecule has 1 aromatic heterocycles. The molecule has 2 rings (SSSR count). The summed E-state index contributed by atoms with van der Waals surface area (Å²) in [5, 5.41) is 4.22. The van der Waals surface area contributed by atoms with Crippen molar-refractivity contribution in [2.75, 3.05) is 6.61 Å². The van der Waals surface area contributed by atoms with Crippen LogP contribution in [-0.2, 0) is 6.54 Å². The minimum absolute atomic E-state index is 0.0727. The molecular weight excluding hydrogens is 190 g/mol. The molecule has 0 saturated carbocycles. The number of hydrogen-bond donors (Lipinski definition) is 1. The molecule has 1 aliphatic rings. The minimum Gasteiger partial charge on any atom is -0.478 e. The van der Waals surface area contributed by atoms with Crippen LogP contribution in [0.5, 0.6) is 5.88 Å². The number of nitrogens with one attached hydrogen (secondary N) is 1. The van der Waals surface area contributed by atoms with Gasteiger partial charge in [0.15, 0.2) is 0 Å². The zero-order chi connectivity index (χ0) is 9.26. The van der Waals surface area contributed by atoms with Gasteiger partial charge >= 0.3 is 0 Å². The lowest BCUT2D eigenvalue weighted by Gasteiger charge is -2.17. The molecule has 2 heterocycles. The zero-order valence-electron chi connectivity index (χ0n) is 7.46. The first-order valence-electron chi connectivity index (χ1n) is 4.37. The third-order valence-corrected chi connectivity index (χ3v) is 2.53. The minimum atomic E-state index is 0.0727. The molecule has 0 aromatic carbocycles. The van der Waals surface area contributed by atoms with Crippen LogP contribution in [0.3, 0.4) is 0 Å². The number of rotatable bonds is 2. The van der Waals surface area contributed by atoms with Gasteiger partial charge in [-0.05, 0) is 18.7 Å². The zero-order valence-corrected chi connectivity index (χ0v) is 8.21. The Morgan fingerprint density at radius 1 is 1.77 bits per heavy atom. The maximum absolute atomic E-state index is 5.54. The van der Waals surface area contributed by atoms with Gasteiger partial charge in [-0.25, -0.2) is 9.52 Å². The summed E-state index contributed by atoms with van der Waals surface area (Å²) in [6.45, 7) is 3.68. The predicted molar refractivity (Wildman–Crippen MR) is 49.7 cm³/mol. The smallest absolute Gasteiger partial charge is 0.216 e. The first-order chi connectivity index (χ1) is 6.33. The van der Waals surface area contributed by atoms with E-state index < -0.39 is 0 Å². The topological polar surface area (TPSA) is 39.1 Å². The fourth-order valence-corrected chi connectivity index (χ4v) is 1.56. The molecule has 13 heavy (non-hydrogen) atoms. The Morgan fingerprint density at radius 2 is 2.62 bits per heavy atom. The van der Waals surface area contributed by atoms with Crippen molar-refractivity contribution >= 4 is 11.8 Å². The van der Waals surface area contributed by atoms with Crippen LogP contribution in [0.2, 0.25) is 0 Å². The molecule has 0 radical (unpaired) electrons. The highest BCUT2D eigenvalue weighted by Gasteiger charge is 2.19. The van der Waals surface area contributed by atoms with Gasteiger partial charge < -0.3 is 4.74 Å². The Labute approximate surface area is 81.9 Å². The van der Waals surface area contributed by atoms with Gasteiger partial charge in [0.1, 0.15) is 0 Å². The molecule has 1 atom stereocenters. The van der Waals surface area contributed by atoms with Crippen LogP contribution in [0, 0.1) is 0 Å². The van der Waals surface area contributed by atoms with Crippen molar-refractivity contribution in [2.45, 2.75) is 25.9 Å². The third-order valence-electron chi connectivity index (χ3n) is 2.20. The van der Waals surface area contributed by atoms with Crippen molar-refractivity contribution in [1.82, 2.24) is 14.6 Å². The third kappa shape index (κ3) is 1.51. The first-order valence-corrected chi connectivity index (χ1v) is 4.75. The monoisotopic (exact) mass is 201 g/mol. The molecule has 4 nitrogen and oxygen atoms in total. The SMILES string of the molecule is C[C@@H](NCl)c1cnn2c1OCCC2. The second-order valence-electron chi connectivity index (χ2n) is 3.16. The summed E-state index contributed by atoms with van der Waals surface area (Å²) in [7, 11) is 0. The fourth-order valence-electron chi connectivity index (χ4n) is 1.44. The number of fused-ring (bicyclic) bond motifs is 1. The summed E-state index contributed by atoms with van der Waals surface area (Å²) in [5.41, 5.74) is 1.02. The van der Waals surface area contributed by atoms with Crippen molar-refractivity contribution in [3.63, 3.8) is 0 Å². The number of halogens is 1. The maximum atomic E-state index is 5.54. The first kappa shape index (κ1) is 8.84. The van der Waals surface area contributed by atoms with E-state index in [0.29, 0.717) is 0 Å². The van der Waals surface area contributed by atoms with Crippen molar-refractivity contribution in [2.24, 2.45) is 0 Å². The maximum Gasteiger partial charge on any atom is 0.216 e. The quantitative estimate of drug-likeness (QED) is 0.737. The summed E-state index contributed by atoms with van der Waals surface area (Å²) >= 11 is 5.54. The van der Waals surface area contributed by atoms with Crippen molar-refractivity contribution in [3.8, 4) is 5.88 Å². The Kier molecular flexibility index (Phi) is 2.42. The molecule has 0 spiro atoms. The Bertz CT molecular complexity index is 300. The molecule has 1 aliphatic heterocycles. The molecule has 0 amide bonds. The number of hydrogen-bond acceptors (Lipinski definition) is 3. The van der Waals surface area contributed by atoms with E-state index in [1.165, 1.54) is 0 Å². The summed E-state index contributed by atoms with van der Waals surface area (Å²) < 4.78 is 7.40. The van der Waals surface area contributed by atoms with E-state index in [2.05, 4.69) is 9.93 Å². The average molecular weight is 202 g/mol. The van der Waals surface area contributed by atoms with Crippen LogP contribution in [-0.4, -0.2) is 16.4 Å². The summed E-state index contributed by atoms with van der Waals surface area (Å²) in [5.74, 6) is 0.854. The van der Waals surface area contributed by atoms with E-state index in [1.54, 1.807) is 6.20 Å². The fraction of sp³-hybridized carbons (Fsp3) is 0.625. The molecule has 0 bridgehead atoms. The van der Waals surface area contributed by atoms with E-state index in [4.69, 9.17) is 16.5 Å². The van der Waals surface area contributed by atoms with Gasteiger partial charge in [0.05, 0.1) is 24.4 Å². The van der Waals surface area contributed by atoms with Gasteiger partial charge in [0, 0.05) is 13.0 Å².